The van der Waals surface area contributed by atoms with E-state index < -0.39 is 0 Å². The molecule has 1 aliphatic heterocycles. The maximum atomic E-state index is 6.15. The number of para-hydroxylation sites is 1. The Balaban J connectivity index is 0.00000240. The maximum absolute atomic E-state index is 6.15. The molecule has 2 aromatic rings. The Morgan fingerprint density at radius 3 is 2.86 bits per heavy atom. The molecular formula is C22H29IN4O2. The molecule has 3 N–H and O–H groups in total. The van der Waals surface area contributed by atoms with Crippen LogP contribution in [0.1, 0.15) is 55.7 Å². The second kappa shape index (κ2) is 10.7. The minimum atomic E-state index is 0. The lowest BCUT2D eigenvalue weighted by Gasteiger charge is -2.26. The molecule has 2 aliphatic rings. The van der Waals surface area contributed by atoms with Gasteiger partial charge in [-0.25, -0.2) is 9.98 Å². The summed E-state index contributed by atoms with van der Waals surface area (Å²) < 4.78 is 11.7. The van der Waals surface area contributed by atoms with Crippen LogP contribution in [-0.2, 0) is 6.54 Å². The molecule has 0 amide bonds. The van der Waals surface area contributed by atoms with E-state index in [-0.39, 0.29) is 30.0 Å². The van der Waals surface area contributed by atoms with Gasteiger partial charge in [0, 0.05) is 24.2 Å². The van der Waals surface area contributed by atoms with Gasteiger partial charge in [-0.3, -0.25) is 0 Å². The predicted octanol–water partition coefficient (Wildman–Crippen LogP) is 4.34. The number of benzene rings is 1. The van der Waals surface area contributed by atoms with Gasteiger partial charge in [0.1, 0.15) is 11.9 Å². The summed E-state index contributed by atoms with van der Waals surface area (Å²) in [6.07, 6.45) is 8.97. The van der Waals surface area contributed by atoms with E-state index in [0.29, 0.717) is 31.1 Å². The van der Waals surface area contributed by atoms with E-state index in [0.717, 1.165) is 36.1 Å². The second-order valence-electron chi connectivity index (χ2n) is 7.45. The lowest BCUT2D eigenvalue weighted by atomic mass is 9.98. The van der Waals surface area contributed by atoms with E-state index in [9.17, 15) is 0 Å². The summed E-state index contributed by atoms with van der Waals surface area (Å²) in [5.74, 6) is 2.04. The molecule has 0 spiro atoms. The molecule has 0 bridgehead atoms. The summed E-state index contributed by atoms with van der Waals surface area (Å²) in [6.45, 7) is 1.17. The van der Waals surface area contributed by atoms with Gasteiger partial charge in [-0.1, -0.05) is 24.6 Å². The normalized spacial score (nSPS) is 19.4. The van der Waals surface area contributed by atoms with Crippen LogP contribution in [0.25, 0.3) is 0 Å². The van der Waals surface area contributed by atoms with Gasteiger partial charge in [0.2, 0.25) is 5.88 Å². The van der Waals surface area contributed by atoms with Crippen LogP contribution in [0.15, 0.2) is 47.6 Å². The number of hydrogen-bond donors (Lipinski definition) is 2. The van der Waals surface area contributed by atoms with E-state index in [4.69, 9.17) is 15.2 Å². The minimum absolute atomic E-state index is 0. The molecule has 1 aromatic carbocycles. The van der Waals surface area contributed by atoms with Gasteiger partial charge in [-0.15, -0.1) is 24.0 Å². The van der Waals surface area contributed by atoms with Crippen molar-refractivity contribution in [3.8, 4) is 11.6 Å². The van der Waals surface area contributed by atoms with Crippen molar-refractivity contribution in [1.29, 1.82) is 0 Å². The second-order valence-corrected chi connectivity index (χ2v) is 7.45. The number of fused-ring (bicyclic) bond motifs is 1. The van der Waals surface area contributed by atoms with Gasteiger partial charge < -0.3 is 20.5 Å². The van der Waals surface area contributed by atoms with Crippen LogP contribution in [0.5, 0.6) is 11.6 Å². The number of guanidine groups is 1. The molecule has 4 rings (SSSR count). The summed E-state index contributed by atoms with van der Waals surface area (Å²) >= 11 is 0. The first-order valence-corrected chi connectivity index (χ1v) is 10.2. The first-order chi connectivity index (χ1) is 13.8. The summed E-state index contributed by atoms with van der Waals surface area (Å²) in [4.78, 5) is 8.86. The molecule has 156 valence electrons. The molecule has 1 saturated carbocycles. The third kappa shape index (κ3) is 5.98. The third-order valence-electron chi connectivity index (χ3n) is 5.35. The molecule has 1 aromatic heterocycles. The number of nitrogens with one attached hydrogen (secondary N) is 1. The van der Waals surface area contributed by atoms with Crippen molar-refractivity contribution in [2.24, 2.45) is 10.7 Å². The van der Waals surface area contributed by atoms with Gasteiger partial charge in [0.15, 0.2) is 5.96 Å². The molecule has 1 fully saturated rings. The highest BCUT2D eigenvalue weighted by Crippen LogP contribution is 2.31. The number of rotatable bonds is 5. The Bertz CT molecular complexity index is 824. The Morgan fingerprint density at radius 2 is 2.00 bits per heavy atom. The lowest BCUT2D eigenvalue weighted by Crippen LogP contribution is -2.37. The first kappa shape index (κ1) is 21.7. The van der Waals surface area contributed by atoms with Crippen LogP contribution in [0.3, 0.4) is 0 Å². The van der Waals surface area contributed by atoms with Crippen LogP contribution in [-0.4, -0.2) is 23.7 Å². The van der Waals surface area contributed by atoms with E-state index in [1.165, 1.54) is 19.3 Å². The standard InChI is InChI=1S/C22H28N4O2.HI/c23-22(26-19-11-13-27-20-9-5-4-8-18(19)20)25-15-16-10-12-24-21(14-16)28-17-6-2-1-3-7-17;/h4-5,8-10,12,14,17,19H,1-3,6-7,11,13,15H2,(H3,23,25,26);1H. The Kier molecular flexibility index (Phi) is 7.97. The highest BCUT2D eigenvalue weighted by molar-refractivity contribution is 14.0. The number of ether oxygens (including phenoxy) is 2. The molecule has 2 heterocycles. The highest BCUT2D eigenvalue weighted by Gasteiger charge is 2.21. The zero-order valence-electron chi connectivity index (χ0n) is 16.5. The van der Waals surface area contributed by atoms with Gasteiger partial charge in [-0.2, -0.15) is 0 Å². The number of nitrogens with two attached hydrogens (primary N) is 1. The number of pyridine rings is 1. The van der Waals surface area contributed by atoms with E-state index in [1.54, 1.807) is 6.20 Å². The van der Waals surface area contributed by atoms with Crippen LogP contribution in [0.2, 0.25) is 0 Å². The van der Waals surface area contributed by atoms with Crippen LogP contribution in [0, 0.1) is 0 Å². The molecule has 1 atom stereocenters. The summed E-state index contributed by atoms with van der Waals surface area (Å²) in [7, 11) is 0. The largest absolute Gasteiger partial charge is 0.493 e. The summed E-state index contributed by atoms with van der Waals surface area (Å²) in [5, 5.41) is 3.33. The number of nitrogens with zero attached hydrogens (tertiary/aromatic N) is 2. The smallest absolute Gasteiger partial charge is 0.213 e. The fourth-order valence-electron chi connectivity index (χ4n) is 3.86. The van der Waals surface area contributed by atoms with Crippen molar-refractivity contribution in [3.63, 3.8) is 0 Å². The van der Waals surface area contributed by atoms with Gasteiger partial charge >= 0.3 is 0 Å². The van der Waals surface area contributed by atoms with Crippen molar-refractivity contribution >= 4 is 29.9 Å². The quantitative estimate of drug-likeness (QED) is 0.357. The maximum Gasteiger partial charge on any atom is 0.213 e. The van der Waals surface area contributed by atoms with E-state index >= 15 is 0 Å². The van der Waals surface area contributed by atoms with Crippen LogP contribution in [0.4, 0.5) is 0 Å². The molecule has 7 heteroatoms. The molecule has 1 unspecified atom stereocenters. The van der Waals surface area contributed by atoms with Gasteiger partial charge in [-0.05, 0) is 43.4 Å². The molecule has 1 aliphatic carbocycles. The number of halogens is 1. The van der Waals surface area contributed by atoms with E-state index in [2.05, 4.69) is 21.4 Å². The van der Waals surface area contributed by atoms with Gasteiger partial charge in [0.05, 0.1) is 19.2 Å². The van der Waals surface area contributed by atoms with Crippen molar-refractivity contribution in [2.45, 2.75) is 57.2 Å². The van der Waals surface area contributed by atoms with Gasteiger partial charge in [0.25, 0.3) is 0 Å². The van der Waals surface area contributed by atoms with Crippen molar-refractivity contribution in [1.82, 2.24) is 10.3 Å². The monoisotopic (exact) mass is 508 g/mol. The molecule has 0 radical (unpaired) electrons. The minimum Gasteiger partial charge on any atom is -0.493 e. The topological polar surface area (TPSA) is 81.8 Å². The molecule has 0 saturated heterocycles. The lowest BCUT2D eigenvalue weighted by molar-refractivity contribution is 0.148. The Labute approximate surface area is 189 Å². The van der Waals surface area contributed by atoms with Crippen molar-refractivity contribution in [3.05, 3.63) is 53.7 Å². The predicted molar refractivity (Wildman–Crippen MR) is 125 cm³/mol. The average molecular weight is 508 g/mol. The number of aromatic nitrogens is 1. The fourth-order valence-corrected chi connectivity index (χ4v) is 3.86. The SMILES string of the molecule is I.NC(=NCc1ccnc(OC2CCCCC2)c1)NC1CCOc2ccccc21. The summed E-state index contributed by atoms with van der Waals surface area (Å²) in [5.41, 5.74) is 8.31. The van der Waals surface area contributed by atoms with E-state index in [1.807, 2.05) is 30.3 Å². The van der Waals surface area contributed by atoms with Crippen LogP contribution < -0.4 is 20.5 Å². The average Bonchev–Trinajstić information content (AvgIpc) is 2.74. The first-order valence-electron chi connectivity index (χ1n) is 10.2. The number of aliphatic imine (C=N–C) groups is 1. The van der Waals surface area contributed by atoms with Crippen molar-refractivity contribution in [2.75, 3.05) is 6.61 Å². The summed E-state index contributed by atoms with van der Waals surface area (Å²) in [6, 6.07) is 12.1. The Morgan fingerprint density at radius 1 is 1.17 bits per heavy atom. The van der Waals surface area contributed by atoms with Crippen LogP contribution >= 0.6 is 24.0 Å². The molecule has 29 heavy (non-hydrogen) atoms. The van der Waals surface area contributed by atoms with Crippen molar-refractivity contribution < 1.29 is 9.47 Å². The fraction of sp³-hybridized carbons (Fsp3) is 0.455. The molecule has 6 nitrogen and oxygen atoms in total. The highest BCUT2D eigenvalue weighted by atomic mass is 127. The number of hydrogen-bond acceptors (Lipinski definition) is 4. The molecular weight excluding hydrogens is 479 g/mol. The third-order valence-corrected chi connectivity index (χ3v) is 5.35. The Hall–Kier alpha value is -2.03. The zero-order valence-corrected chi connectivity index (χ0v) is 18.9. The zero-order chi connectivity index (χ0) is 19.2.